The average Bonchev–Trinajstić information content (AvgIpc) is 3.58. The molecule has 2 fully saturated rings. The van der Waals surface area contributed by atoms with E-state index in [9.17, 15) is 19.2 Å². The third kappa shape index (κ3) is 6.71. The van der Waals surface area contributed by atoms with E-state index in [0.29, 0.717) is 12.1 Å². The van der Waals surface area contributed by atoms with Gasteiger partial charge >= 0.3 is 6.09 Å². The number of carbonyl (C=O) groups excluding carboxylic acids is 4. The monoisotopic (exact) mass is 612 g/mol. The molecule has 15 heteroatoms. The minimum Gasteiger partial charge on any atom is -0.442 e. The molecule has 4 amide bonds. The lowest BCUT2D eigenvalue weighted by molar-refractivity contribution is -0.134. The molecule has 234 valence electrons. The molecule has 0 saturated carbocycles. The van der Waals surface area contributed by atoms with Crippen LogP contribution in [0.5, 0.6) is 0 Å². The number of amides is 4. The minimum atomic E-state index is -0.856. The van der Waals surface area contributed by atoms with Crippen LogP contribution in [0.25, 0.3) is 5.65 Å². The van der Waals surface area contributed by atoms with Gasteiger partial charge in [0, 0.05) is 63.8 Å². The van der Waals surface area contributed by atoms with E-state index in [1.54, 1.807) is 27.9 Å². The van der Waals surface area contributed by atoms with Gasteiger partial charge in [0.15, 0.2) is 17.3 Å². The summed E-state index contributed by atoms with van der Waals surface area (Å²) in [5.41, 5.74) is 0.405. The fraction of sp³-hybridized carbons (Fsp3) is 0.448. The highest BCUT2D eigenvalue weighted by Crippen LogP contribution is 2.31. The molecule has 2 N–H and O–H groups in total. The number of carbonyl (C=O) groups is 4. The number of anilines is 2. The van der Waals surface area contributed by atoms with Crippen LogP contribution < -0.4 is 20.4 Å². The number of cyclic esters (lactones) is 1. The Morgan fingerprint density at radius 2 is 1.82 bits per heavy atom. The number of fused-ring (bicyclic) bond motifs is 1. The van der Waals surface area contributed by atoms with Crippen molar-refractivity contribution in [3.8, 4) is 0 Å². The topological polar surface area (TPSA) is 141 Å². The lowest BCUT2D eigenvalue weighted by atomic mass is 10.0. The number of aromatic nitrogens is 3. The molecule has 2 aliphatic heterocycles. The van der Waals surface area contributed by atoms with Crippen molar-refractivity contribution in [2.45, 2.75) is 39.3 Å². The zero-order chi connectivity index (χ0) is 31.5. The molecule has 13 nitrogen and oxygen atoms in total. The number of nitrogens with one attached hydrogen (secondary N) is 2. The van der Waals surface area contributed by atoms with E-state index in [1.165, 1.54) is 18.0 Å². The Labute approximate surface area is 252 Å². The van der Waals surface area contributed by atoms with Gasteiger partial charge in [-0.3, -0.25) is 24.3 Å². The average molecular weight is 613 g/mol. The summed E-state index contributed by atoms with van der Waals surface area (Å²) in [5.74, 6) is -2.67. The molecule has 0 aliphatic carbocycles. The summed E-state index contributed by atoms with van der Waals surface area (Å²) >= 11 is 0. The van der Waals surface area contributed by atoms with Crippen LogP contribution in [0.1, 0.15) is 37.7 Å². The van der Waals surface area contributed by atoms with Crippen LogP contribution in [-0.2, 0) is 14.3 Å². The maximum atomic E-state index is 15.3. The van der Waals surface area contributed by atoms with Crippen LogP contribution in [0.2, 0.25) is 0 Å². The normalized spacial score (nSPS) is 17.6. The first-order valence-corrected chi connectivity index (χ1v) is 14.3. The number of halogens is 2. The molecular weight excluding hydrogens is 578 g/mol. The van der Waals surface area contributed by atoms with Gasteiger partial charge in [0.25, 0.3) is 5.91 Å². The molecule has 1 aromatic carbocycles. The predicted molar refractivity (Wildman–Crippen MR) is 155 cm³/mol. The fourth-order valence-corrected chi connectivity index (χ4v) is 5.35. The first-order valence-electron chi connectivity index (χ1n) is 14.3. The zero-order valence-electron chi connectivity index (χ0n) is 24.6. The Balaban J connectivity index is 1.22. The number of hydrogen-bond acceptors (Lipinski definition) is 8. The van der Waals surface area contributed by atoms with Gasteiger partial charge in [-0.05, 0) is 12.3 Å². The van der Waals surface area contributed by atoms with Gasteiger partial charge < -0.3 is 29.6 Å². The van der Waals surface area contributed by atoms with Crippen LogP contribution >= 0.6 is 0 Å². The van der Waals surface area contributed by atoms with Crippen molar-refractivity contribution in [1.29, 1.82) is 0 Å². The molecule has 5 rings (SSSR count). The van der Waals surface area contributed by atoms with Gasteiger partial charge in [-0.2, -0.15) is 0 Å². The van der Waals surface area contributed by atoms with E-state index in [1.807, 2.05) is 13.8 Å². The van der Waals surface area contributed by atoms with Crippen molar-refractivity contribution in [3.63, 3.8) is 0 Å². The lowest BCUT2D eigenvalue weighted by Gasteiger charge is -2.38. The number of rotatable bonds is 9. The van der Waals surface area contributed by atoms with Crippen LogP contribution in [-0.4, -0.2) is 94.5 Å². The van der Waals surface area contributed by atoms with Crippen molar-refractivity contribution in [1.82, 2.24) is 29.9 Å². The summed E-state index contributed by atoms with van der Waals surface area (Å²) in [7, 11) is 0. The molecule has 2 unspecified atom stereocenters. The summed E-state index contributed by atoms with van der Waals surface area (Å²) < 4.78 is 37.4. The number of benzene rings is 1. The predicted octanol–water partition coefficient (Wildman–Crippen LogP) is 1.96. The Kier molecular flexibility index (Phi) is 8.92. The van der Waals surface area contributed by atoms with Crippen molar-refractivity contribution in [2.24, 2.45) is 5.92 Å². The third-order valence-electron chi connectivity index (χ3n) is 7.48. The first kappa shape index (κ1) is 30.6. The lowest BCUT2D eigenvalue weighted by Crippen LogP contribution is -2.55. The van der Waals surface area contributed by atoms with Crippen LogP contribution in [0.3, 0.4) is 0 Å². The smallest absolute Gasteiger partial charge is 0.414 e. The Morgan fingerprint density at radius 1 is 1.11 bits per heavy atom. The Hall–Kier alpha value is -4.82. The fourth-order valence-electron chi connectivity index (χ4n) is 5.35. The number of piperazine rings is 1. The second-order valence-corrected chi connectivity index (χ2v) is 11.2. The van der Waals surface area contributed by atoms with Crippen molar-refractivity contribution < 1.29 is 32.7 Å². The molecule has 2 atom stereocenters. The highest BCUT2D eigenvalue weighted by atomic mass is 19.1. The molecule has 2 aromatic heterocycles. The summed E-state index contributed by atoms with van der Waals surface area (Å²) in [6, 6.07) is 1.34. The Morgan fingerprint density at radius 3 is 2.45 bits per heavy atom. The standard InChI is InChI=1S/C29H34F2N8O5/c1-17(2)10-23(35-27(41)24-16-38-5-4-32-14-25(38)34-24)28(42)37-8-6-36(7-9-37)26-21(30)11-19(12-22(26)31)39-15-20(44-29(39)43)13-33-18(3)40/h4-5,11-12,14,16-17,20,23H,6-10,13,15H2,1-3H3,(H,33,40)(H,35,41). The van der Waals surface area contributed by atoms with E-state index in [0.717, 1.165) is 17.0 Å². The highest BCUT2D eigenvalue weighted by Gasteiger charge is 2.35. The van der Waals surface area contributed by atoms with Crippen molar-refractivity contribution in [3.05, 3.63) is 54.2 Å². The van der Waals surface area contributed by atoms with Gasteiger partial charge in [-0.15, -0.1) is 0 Å². The maximum absolute atomic E-state index is 15.3. The van der Waals surface area contributed by atoms with Gasteiger partial charge in [0.1, 0.15) is 23.5 Å². The second kappa shape index (κ2) is 12.8. The summed E-state index contributed by atoms with van der Waals surface area (Å²) in [6.45, 7) is 6.03. The van der Waals surface area contributed by atoms with Gasteiger partial charge in [-0.25, -0.2) is 18.6 Å². The third-order valence-corrected chi connectivity index (χ3v) is 7.48. The SMILES string of the molecule is CC(=O)NCC1CN(c2cc(F)c(N3CCN(C(=O)C(CC(C)C)NC(=O)c4cn5ccncc5n4)CC3)c(F)c2)C(=O)O1. The summed E-state index contributed by atoms with van der Waals surface area (Å²) in [4.78, 5) is 62.5. The summed E-state index contributed by atoms with van der Waals surface area (Å²) in [6.07, 6.45) is 5.31. The molecule has 2 saturated heterocycles. The van der Waals surface area contributed by atoms with Crippen molar-refractivity contribution >= 4 is 40.8 Å². The molecule has 0 spiro atoms. The molecule has 2 aliphatic rings. The second-order valence-electron chi connectivity index (χ2n) is 11.2. The van der Waals surface area contributed by atoms with E-state index >= 15 is 8.78 Å². The number of hydrogen-bond donors (Lipinski definition) is 2. The Bertz CT molecular complexity index is 1520. The van der Waals surface area contributed by atoms with Crippen LogP contribution in [0, 0.1) is 17.6 Å². The quantitative estimate of drug-likeness (QED) is 0.374. The molecule has 0 bridgehead atoms. The van der Waals surface area contributed by atoms with Crippen LogP contribution in [0.15, 0.2) is 36.9 Å². The largest absolute Gasteiger partial charge is 0.442 e. The van der Waals surface area contributed by atoms with E-state index in [4.69, 9.17) is 4.74 Å². The maximum Gasteiger partial charge on any atom is 0.414 e. The molecule has 4 heterocycles. The van der Waals surface area contributed by atoms with Gasteiger partial charge in [-0.1, -0.05) is 13.8 Å². The molecule has 44 heavy (non-hydrogen) atoms. The molecule has 0 radical (unpaired) electrons. The van der Waals surface area contributed by atoms with Crippen LogP contribution in [0.4, 0.5) is 25.0 Å². The first-order chi connectivity index (χ1) is 21.0. The summed E-state index contributed by atoms with van der Waals surface area (Å²) in [5, 5.41) is 5.37. The van der Waals surface area contributed by atoms with E-state index in [2.05, 4.69) is 20.6 Å². The highest BCUT2D eigenvalue weighted by molar-refractivity contribution is 5.96. The molecule has 3 aromatic rings. The van der Waals surface area contributed by atoms with E-state index in [-0.39, 0.29) is 74.1 Å². The van der Waals surface area contributed by atoms with Crippen molar-refractivity contribution in [2.75, 3.05) is 49.1 Å². The van der Waals surface area contributed by atoms with Gasteiger partial charge in [0.2, 0.25) is 11.8 Å². The zero-order valence-corrected chi connectivity index (χ0v) is 24.6. The minimum absolute atomic E-state index is 0.00188. The number of imidazole rings is 1. The van der Waals surface area contributed by atoms with Gasteiger partial charge in [0.05, 0.1) is 25.0 Å². The number of nitrogens with zero attached hydrogens (tertiary/aromatic N) is 6. The number of ether oxygens (including phenoxy) is 1. The van der Waals surface area contributed by atoms with E-state index < -0.39 is 35.8 Å². The molecular formula is C29H34F2N8O5.